The summed E-state index contributed by atoms with van der Waals surface area (Å²) in [6.07, 6.45) is 0.863. The van der Waals surface area contributed by atoms with Crippen LogP contribution in [0.15, 0.2) is 57.5 Å². The Kier molecular flexibility index (Phi) is 10.2. The fraction of sp³-hybridized carbons (Fsp3) is 0.364. The maximum absolute atomic E-state index is 13.0. The molecule has 4 nitrogen and oxygen atoms in total. The third kappa shape index (κ3) is 8.15. The van der Waals surface area contributed by atoms with Crippen LogP contribution in [0.3, 0.4) is 0 Å². The first-order valence-corrected chi connectivity index (χ1v) is 12.3. The molecule has 0 bridgehead atoms. The van der Waals surface area contributed by atoms with Gasteiger partial charge in [-0.3, -0.25) is 9.59 Å². The second-order valence-electron chi connectivity index (χ2n) is 6.73. The van der Waals surface area contributed by atoms with Crippen LogP contribution in [0.25, 0.3) is 0 Å². The van der Waals surface area contributed by atoms with E-state index in [1.54, 1.807) is 23.6 Å². The predicted octanol–water partition coefficient (Wildman–Crippen LogP) is 5.39. The third-order valence-corrected chi connectivity index (χ3v) is 6.44. The lowest BCUT2D eigenvalue weighted by Gasteiger charge is -2.28. The summed E-state index contributed by atoms with van der Waals surface area (Å²) in [5.41, 5.74) is 2.16. The Morgan fingerprint density at radius 2 is 1.55 bits per heavy atom. The molecule has 0 unspecified atom stereocenters. The quantitative estimate of drug-likeness (QED) is 0.439. The highest BCUT2D eigenvalue weighted by Crippen LogP contribution is 2.19. The topological polar surface area (TPSA) is 49.4 Å². The minimum Gasteiger partial charge on any atom is -0.354 e. The third-order valence-electron chi connectivity index (χ3n) is 4.39. The van der Waals surface area contributed by atoms with Crippen LogP contribution >= 0.6 is 43.6 Å². The van der Waals surface area contributed by atoms with Crippen LogP contribution in [0.4, 0.5) is 0 Å². The molecule has 7 heteroatoms. The maximum Gasteiger partial charge on any atom is 0.242 e. The molecule has 2 aromatic carbocycles. The molecule has 2 rings (SSSR count). The van der Waals surface area contributed by atoms with E-state index in [1.165, 1.54) is 5.56 Å². The van der Waals surface area contributed by atoms with Crippen molar-refractivity contribution in [3.05, 3.63) is 68.6 Å². The Bertz CT molecular complexity index is 797. The molecule has 0 saturated carbocycles. The van der Waals surface area contributed by atoms with Gasteiger partial charge in [-0.1, -0.05) is 63.0 Å². The summed E-state index contributed by atoms with van der Waals surface area (Å²) in [6, 6.07) is 15.4. The van der Waals surface area contributed by atoms with Crippen LogP contribution in [0, 0.1) is 0 Å². The monoisotopic (exact) mass is 540 g/mol. The van der Waals surface area contributed by atoms with Crippen LogP contribution < -0.4 is 5.32 Å². The highest BCUT2D eigenvalue weighted by molar-refractivity contribution is 9.10. The van der Waals surface area contributed by atoms with Crippen molar-refractivity contribution in [3.8, 4) is 0 Å². The van der Waals surface area contributed by atoms with E-state index < -0.39 is 6.04 Å². The predicted molar refractivity (Wildman–Crippen MR) is 128 cm³/mol. The lowest BCUT2D eigenvalue weighted by Crippen LogP contribution is -2.48. The van der Waals surface area contributed by atoms with Crippen molar-refractivity contribution in [2.24, 2.45) is 0 Å². The molecular weight excluding hydrogens is 516 g/mol. The van der Waals surface area contributed by atoms with Gasteiger partial charge in [0.1, 0.15) is 6.04 Å². The number of carbonyl (C=O) groups excluding carboxylic acids is 2. The van der Waals surface area contributed by atoms with Gasteiger partial charge in [0.25, 0.3) is 0 Å². The Morgan fingerprint density at radius 1 is 1.00 bits per heavy atom. The number of nitrogens with zero attached hydrogens (tertiary/aromatic N) is 1. The zero-order valence-electron chi connectivity index (χ0n) is 16.7. The van der Waals surface area contributed by atoms with Gasteiger partial charge in [0, 0.05) is 27.8 Å². The highest BCUT2D eigenvalue weighted by atomic mass is 79.9. The average molecular weight is 542 g/mol. The average Bonchev–Trinajstić information content (AvgIpc) is 2.72. The summed E-state index contributed by atoms with van der Waals surface area (Å²) in [4.78, 5) is 27.2. The Labute approximate surface area is 194 Å². The van der Waals surface area contributed by atoms with Crippen molar-refractivity contribution in [1.29, 1.82) is 0 Å². The second kappa shape index (κ2) is 12.4. The number of thioether (sulfide) groups is 1. The molecule has 29 heavy (non-hydrogen) atoms. The number of hydrogen-bond donors (Lipinski definition) is 1. The normalized spacial score (nSPS) is 11.7. The molecule has 0 aliphatic rings. The summed E-state index contributed by atoms with van der Waals surface area (Å²) in [5, 5.41) is 2.90. The van der Waals surface area contributed by atoms with Crippen LogP contribution in [0.1, 0.15) is 31.4 Å². The zero-order chi connectivity index (χ0) is 21.2. The maximum atomic E-state index is 13.0. The van der Waals surface area contributed by atoms with Crippen LogP contribution in [-0.4, -0.2) is 35.1 Å². The number of benzene rings is 2. The van der Waals surface area contributed by atoms with Crippen molar-refractivity contribution in [3.63, 3.8) is 0 Å². The van der Waals surface area contributed by atoms with Gasteiger partial charge in [0.05, 0.1) is 5.75 Å². The van der Waals surface area contributed by atoms with E-state index in [0.717, 1.165) is 26.7 Å². The summed E-state index contributed by atoms with van der Waals surface area (Å²) >= 11 is 8.42. The van der Waals surface area contributed by atoms with Crippen molar-refractivity contribution >= 4 is 55.4 Å². The summed E-state index contributed by atoms with van der Waals surface area (Å²) < 4.78 is 2.02. The van der Waals surface area contributed by atoms with Gasteiger partial charge in [-0.05, 0) is 48.7 Å². The molecule has 156 valence electrons. The number of nitrogens with one attached hydrogen (secondary N) is 1. The van der Waals surface area contributed by atoms with Crippen LogP contribution in [0.2, 0.25) is 0 Å². The zero-order valence-corrected chi connectivity index (χ0v) is 20.6. The molecule has 0 spiro atoms. The molecule has 0 aliphatic heterocycles. The van der Waals surface area contributed by atoms with Crippen LogP contribution in [0.5, 0.6) is 0 Å². The SMILES string of the molecule is CCCNC(=O)[C@@H](C)N(Cc1ccc(Br)cc1)C(=O)CSCc1ccc(Br)cc1. The number of rotatable bonds is 10. The van der Waals surface area contributed by atoms with Crippen LogP contribution in [-0.2, 0) is 21.9 Å². The molecule has 0 aromatic heterocycles. The standard InChI is InChI=1S/C22H26Br2N2O2S/c1-3-12-25-22(28)16(2)26(13-17-4-8-19(23)9-5-17)21(27)15-29-14-18-6-10-20(24)11-7-18/h4-11,16H,3,12-15H2,1-2H3,(H,25,28)/t16-/m1/s1. The highest BCUT2D eigenvalue weighted by Gasteiger charge is 2.25. The number of halogens is 2. The van der Waals surface area contributed by atoms with Crippen molar-refractivity contribution in [1.82, 2.24) is 10.2 Å². The molecule has 1 atom stereocenters. The molecule has 0 saturated heterocycles. The number of amides is 2. The van der Waals surface area contributed by atoms with E-state index in [2.05, 4.69) is 37.2 Å². The van der Waals surface area contributed by atoms with Crippen molar-refractivity contribution in [2.45, 2.75) is 38.6 Å². The molecule has 0 aliphatic carbocycles. The summed E-state index contributed by atoms with van der Waals surface area (Å²) in [5.74, 6) is 0.934. The van der Waals surface area contributed by atoms with E-state index in [4.69, 9.17) is 0 Å². The fourth-order valence-electron chi connectivity index (χ4n) is 2.68. The van der Waals surface area contributed by atoms with Gasteiger partial charge in [-0.15, -0.1) is 11.8 Å². The first-order valence-electron chi connectivity index (χ1n) is 9.54. The van der Waals surface area contributed by atoms with E-state index in [9.17, 15) is 9.59 Å². The Hall–Kier alpha value is -1.31. The fourth-order valence-corrected chi connectivity index (χ4v) is 4.08. The van der Waals surface area contributed by atoms with Gasteiger partial charge < -0.3 is 10.2 Å². The van der Waals surface area contributed by atoms with E-state index in [-0.39, 0.29) is 11.8 Å². The molecular formula is C22H26Br2N2O2S. The van der Waals surface area contributed by atoms with Gasteiger partial charge in [-0.25, -0.2) is 0 Å². The van der Waals surface area contributed by atoms with Gasteiger partial charge in [0.15, 0.2) is 0 Å². The van der Waals surface area contributed by atoms with Crippen molar-refractivity contribution in [2.75, 3.05) is 12.3 Å². The largest absolute Gasteiger partial charge is 0.354 e. The van der Waals surface area contributed by atoms with E-state index in [0.29, 0.717) is 18.8 Å². The number of carbonyl (C=O) groups is 2. The van der Waals surface area contributed by atoms with Gasteiger partial charge in [-0.2, -0.15) is 0 Å². The molecule has 1 N–H and O–H groups in total. The summed E-state index contributed by atoms with van der Waals surface area (Å²) in [6.45, 7) is 4.82. The molecule has 0 fully saturated rings. The molecule has 2 aromatic rings. The second-order valence-corrected chi connectivity index (χ2v) is 9.55. The lowest BCUT2D eigenvalue weighted by molar-refractivity contribution is -0.138. The molecule has 0 radical (unpaired) electrons. The van der Waals surface area contributed by atoms with Gasteiger partial charge >= 0.3 is 0 Å². The lowest BCUT2D eigenvalue weighted by atomic mass is 10.1. The first-order chi connectivity index (χ1) is 13.9. The smallest absolute Gasteiger partial charge is 0.242 e. The molecule has 2 amide bonds. The summed E-state index contributed by atoms with van der Waals surface area (Å²) in [7, 11) is 0. The number of hydrogen-bond acceptors (Lipinski definition) is 3. The Morgan fingerprint density at radius 3 is 2.10 bits per heavy atom. The van der Waals surface area contributed by atoms with E-state index >= 15 is 0 Å². The van der Waals surface area contributed by atoms with E-state index in [1.807, 2.05) is 55.5 Å². The minimum absolute atomic E-state index is 0.0332. The van der Waals surface area contributed by atoms with Gasteiger partial charge in [0.2, 0.25) is 11.8 Å². The first kappa shape index (κ1) is 24.0. The van der Waals surface area contributed by atoms with Crippen molar-refractivity contribution < 1.29 is 9.59 Å². The minimum atomic E-state index is -0.522. The molecule has 0 heterocycles. The Balaban J connectivity index is 2.03.